The smallest absolute Gasteiger partial charge is 0.210 e. The van der Waals surface area contributed by atoms with Crippen molar-refractivity contribution in [1.82, 2.24) is 9.78 Å². The Morgan fingerprint density at radius 3 is 2.94 bits per heavy atom. The van der Waals surface area contributed by atoms with Gasteiger partial charge in [-0.2, -0.15) is 5.10 Å². The standard InChI is InChI=1S/C12H18BrN3O2/c1-7(2)16-11(9(13)6-15-16)12(17)10-4-3-8(5-14)18-10/h6-8,10H,3-5,14H2,1-2H3. The lowest BCUT2D eigenvalue weighted by molar-refractivity contribution is 0.0394. The van der Waals surface area contributed by atoms with Crippen molar-refractivity contribution in [1.29, 1.82) is 0 Å². The predicted octanol–water partition coefficient (Wildman–Crippen LogP) is 1.92. The molecule has 18 heavy (non-hydrogen) atoms. The summed E-state index contributed by atoms with van der Waals surface area (Å²) in [7, 11) is 0. The van der Waals surface area contributed by atoms with Gasteiger partial charge in [0.15, 0.2) is 0 Å². The van der Waals surface area contributed by atoms with E-state index in [1.807, 2.05) is 13.8 Å². The normalized spacial score (nSPS) is 23.8. The molecule has 100 valence electrons. The highest BCUT2D eigenvalue weighted by Crippen LogP contribution is 2.27. The molecule has 0 spiro atoms. The lowest BCUT2D eigenvalue weighted by atomic mass is 10.1. The first kappa shape index (κ1) is 13.7. The van der Waals surface area contributed by atoms with Gasteiger partial charge in [-0.15, -0.1) is 0 Å². The fourth-order valence-electron chi connectivity index (χ4n) is 2.19. The molecular weight excluding hydrogens is 298 g/mol. The van der Waals surface area contributed by atoms with Gasteiger partial charge in [0.25, 0.3) is 0 Å². The molecule has 1 aromatic heterocycles. The van der Waals surface area contributed by atoms with Gasteiger partial charge in [-0.05, 0) is 42.6 Å². The van der Waals surface area contributed by atoms with Crippen LogP contribution >= 0.6 is 15.9 Å². The molecule has 6 heteroatoms. The largest absolute Gasteiger partial charge is 0.365 e. The molecule has 1 aliphatic rings. The Kier molecular flexibility index (Phi) is 4.19. The van der Waals surface area contributed by atoms with E-state index in [2.05, 4.69) is 21.0 Å². The summed E-state index contributed by atoms with van der Waals surface area (Å²) >= 11 is 3.38. The third kappa shape index (κ3) is 2.50. The molecule has 2 unspecified atom stereocenters. The van der Waals surface area contributed by atoms with Crippen molar-refractivity contribution in [3.8, 4) is 0 Å². The molecule has 0 aliphatic carbocycles. The summed E-state index contributed by atoms with van der Waals surface area (Å²) in [5.74, 6) is -0.0102. The summed E-state index contributed by atoms with van der Waals surface area (Å²) in [4.78, 5) is 12.5. The van der Waals surface area contributed by atoms with Crippen molar-refractivity contribution in [2.75, 3.05) is 6.54 Å². The summed E-state index contributed by atoms with van der Waals surface area (Å²) in [5.41, 5.74) is 6.15. The Bertz CT molecular complexity index is 445. The third-order valence-electron chi connectivity index (χ3n) is 3.14. The number of nitrogens with two attached hydrogens (primary N) is 1. The van der Waals surface area contributed by atoms with Gasteiger partial charge in [-0.3, -0.25) is 9.48 Å². The highest BCUT2D eigenvalue weighted by Gasteiger charge is 2.33. The second kappa shape index (κ2) is 5.50. The van der Waals surface area contributed by atoms with Crippen molar-refractivity contribution < 1.29 is 9.53 Å². The summed E-state index contributed by atoms with van der Waals surface area (Å²) < 4.78 is 8.10. The van der Waals surface area contributed by atoms with Gasteiger partial charge in [0.1, 0.15) is 11.8 Å². The SMILES string of the molecule is CC(C)n1ncc(Br)c1C(=O)C1CCC(CN)O1. The maximum atomic E-state index is 12.5. The summed E-state index contributed by atoms with van der Waals surface area (Å²) in [6.45, 7) is 4.46. The molecule has 0 radical (unpaired) electrons. The minimum Gasteiger partial charge on any atom is -0.365 e. The number of ether oxygens (including phenoxy) is 1. The van der Waals surface area contributed by atoms with E-state index in [1.54, 1.807) is 10.9 Å². The van der Waals surface area contributed by atoms with Crippen molar-refractivity contribution in [3.63, 3.8) is 0 Å². The molecule has 5 nitrogen and oxygen atoms in total. The maximum absolute atomic E-state index is 12.5. The number of halogens is 1. The molecule has 1 saturated heterocycles. The van der Waals surface area contributed by atoms with E-state index < -0.39 is 0 Å². The molecule has 2 rings (SSSR count). The van der Waals surface area contributed by atoms with Crippen LogP contribution < -0.4 is 5.73 Å². The zero-order valence-corrected chi connectivity index (χ0v) is 12.2. The zero-order valence-electron chi connectivity index (χ0n) is 10.6. The number of aromatic nitrogens is 2. The zero-order chi connectivity index (χ0) is 13.3. The Balaban J connectivity index is 2.21. The van der Waals surface area contributed by atoms with E-state index in [4.69, 9.17) is 10.5 Å². The summed E-state index contributed by atoms with van der Waals surface area (Å²) in [6.07, 6.45) is 2.86. The average Bonchev–Trinajstić information content (AvgIpc) is 2.94. The van der Waals surface area contributed by atoms with Gasteiger partial charge in [-0.1, -0.05) is 0 Å². The molecular formula is C12H18BrN3O2. The van der Waals surface area contributed by atoms with Crippen molar-refractivity contribution in [2.45, 2.75) is 44.9 Å². The van der Waals surface area contributed by atoms with Crippen LogP contribution in [-0.4, -0.2) is 34.3 Å². The lowest BCUT2D eigenvalue weighted by Gasteiger charge is -2.15. The topological polar surface area (TPSA) is 70.1 Å². The highest BCUT2D eigenvalue weighted by atomic mass is 79.9. The molecule has 2 heterocycles. The molecule has 1 aromatic rings. The van der Waals surface area contributed by atoms with Gasteiger partial charge < -0.3 is 10.5 Å². The second-order valence-electron chi connectivity index (χ2n) is 4.80. The van der Waals surface area contributed by atoms with Crippen LogP contribution in [0.3, 0.4) is 0 Å². The van der Waals surface area contributed by atoms with Crippen molar-refractivity contribution in [3.05, 3.63) is 16.4 Å². The molecule has 0 amide bonds. The molecule has 0 aromatic carbocycles. The molecule has 1 aliphatic heterocycles. The summed E-state index contributed by atoms with van der Waals surface area (Å²) in [5, 5.41) is 4.22. The number of hydrogen-bond donors (Lipinski definition) is 1. The Labute approximate surface area is 115 Å². The minimum absolute atomic E-state index is 0.00754. The van der Waals surface area contributed by atoms with Crippen LogP contribution in [0.4, 0.5) is 0 Å². The number of nitrogens with zero attached hydrogens (tertiary/aromatic N) is 2. The van der Waals surface area contributed by atoms with Crippen molar-refractivity contribution in [2.24, 2.45) is 5.73 Å². The van der Waals surface area contributed by atoms with Gasteiger partial charge >= 0.3 is 0 Å². The Morgan fingerprint density at radius 2 is 2.39 bits per heavy atom. The quantitative estimate of drug-likeness (QED) is 0.862. The van der Waals surface area contributed by atoms with E-state index in [1.165, 1.54) is 0 Å². The lowest BCUT2D eigenvalue weighted by Crippen LogP contribution is -2.27. The first-order chi connectivity index (χ1) is 8.54. The van der Waals surface area contributed by atoms with Gasteiger partial charge in [0, 0.05) is 12.6 Å². The van der Waals surface area contributed by atoms with Crippen LogP contribution in [0.1, 0.15) is 43.2 Å². The first-order valence-electron chi connectivity index (χ1n) is 6.17. The van der Waals surface area contributed by atoms with E-state index >= 15 is 0 Å². The minimum atomic E-state index is -0.385. The fourth-order valence-corrected chi connectivity index (χ4v) is 2.66. The van der Waals surface area contributed by atoms with E-state index in [9.17, 15) is 4.79 Å². The van der Waals surface area contributed by atoms with Crippen molar-refractivity contribution >= 4 is 21.7 Å². The number of ketones is 1. The fraction of sp³-hybridized carbons (Fsp3) is 0.667. The van der Waals surface area contributed by atoms with Crippen LogP contribution in [0.15, 0.2) is 10.7 Å². The predicted molar refractivity (Wildman–Crippen MR) is 71.6 cm³/mol. The number of Topliss-reactive ketones (excluding diaryl/α,β-unsaturated/α-hetero) is 1. The molecule has 1 fully saturated rings. The first-order valence-corrected chi connectivity index (χ1v) is 6.96. The van der Waals surface area contributed by atoms with Gasteiger partial charge in [-0.25, -0.2) is 0 Å². The number of carbonyl (C=O) groups excluding carboxylic acids is 1. The number of hydrogen-bond acceptors (Lipinski definition) is 4. The molecule has 2 atom stereocenters. The molecule has 0 bridgehead atoms. The average molecular weight is 316 g/mol. The van der Waals surface area contributed by atoms with E-state index in [-0.39, 0.29) is 24.0 Å². The van der Waals surface area contributed by atoms with Crippen LogP contribution in [-0.2, 0) is 4.74 Å². The van der Waals surface area contributed by atoms with Crippen LogP contribution in [0.2, 0.25) is 0 Å². The molecule has 2 N–H and O–H groups in total. The Morgan fingerprint density at radius 1 is 1.67 bits per heavy atom. The summed E-state index contributed by atoms with van der Waals surface area (Å²) in [6, 6.07) is 0.141. The van der Waals surface area contributed by atoms with Crippen LogP contribution in [0, 0.1) is 0 Å². The van der Waals surface area contributed by atoms with Gasteiger partial charge in [0.2, 0.25) is 5.78 Å². The maximum Gasteiger partial charge on any atom is 0.210 e. The van der Waals surface area contributed by atoms with Crippen LogP contribution in [0.5, 0.6) is 0 Å². The van der Waals surface area contributed by atoms with E-state index in [0.717, 1.165) is 17.3 Å². The number of rotatable bonds is 4. The monoisotopic (exact) mass is 315 g/mol. The third-order valence-corrected chi connectivity index (χ3v) is 3.72. The van der Waals surface area contributed by atoms with Crippen LogP contribution in [0.25, 0.3) is 0 Å². The Hall–Kier alpha value is -0.720. The molecule has 0 saturated carbocycles. The number of carbonyl (C=O) groups is 1. The highest BCUT2D eigenvalue weighted by molar-refractivity contribution is 9.10. The van der Waals surface area contributed by atoms with E-state index in [0.29, 0.717) is 12.2 Å². The van der Waals surface area contributed by atoms with Gasteiger partial charge in [0.05, 0.1) is 16.8 Å². The second-order valence-corrected chi connectivity index (χ2v) is 5.66.